The molecule has 1 aromatic carbocycles. The van der Waals surface area contributed by atoms with Crippen molar-refractivity contribution < 1.29 is 19.2 Å². The molecule has 1 spiro atoms. The highest BCUT2D eigenvalue weighted by Crippen LogP contribution is 2.40. The molecular weight excluding hydrogens is 372 g/mol. The minimum Gasteiger partial charge on any atom is -0.388 e. The zero-order chi connectivity index (χ0) is 20.5. The van der Waals surface area contributed by atoms with Crippen molar-refractivity contribution in [3.05, 3.63) is 47.6 Å². The summed E-state index contributed by atoms with van der Waals surface area (Å²) in [5, 5.41) is 17.5. The van der Waals surface area contributed by atoms with E-state index in [1.807, 2.05) is 32.0 Å². The number of amides is 1. The summed E-state index contributed by atoms with van der Waals surface area (Å²) in [5.74, 6) is 1.09. The van der Waals surface area contributed by atoms with Gasteiger partial charge < -0.3 is 19.7 Å². The summed E-state index contributed by atoms with van der Waals surface area (Å²) in [6.07, 6.45) is 1.47. The number of likely N-dealkylation sites (tertiary alicyclic amines) is 1. The molecule has 0 unspecified atom stereocenters. The molecule has 156 valence electrons. The third-order valence-electron chi connectivity index (χ3n) is 6.10. The first-order valence-electron chi connectivity index (χ1n) is 10.1. The molecule has 3 heterocycles. The highest BCUT2D eigenvalue weighted by molar-refractivity contribution is 5.94. The lowest BCUT2D eigenvalue weighted by Gasteiger charge is -2.51. The largest absolute Gasteiger partial charge is 0.388 e. The van der Waals surface area contributed by atoms with Gasteiger partial charge in [-0.3, -0.25) is 9.69 Å². The third-order valence-corrected chi connectivity index (χ3v) is 6.10. The van der Waals surface area contributed by atoms with Crippen LogP contribution in [0.1, 0.15) is 48.3 Å². The summed E-state index contributed by atoms with van der Waals surface area (Å²) in [6.45, 7) is 6.23. The van der Waals surface area contributed by atoms with Gasteiger partial charge in [0.2, 0.25) is 5.89 Å². The number of rotatable bonds is 4. The van der Waals surface area contributed by atoms with Crippen molar-refractivity contribution in [3.63, 3.8) is 0 Å². The Morgan fingerprint density at radius 1 is 1.31 bits per heavy atom. The van der Waals surface area contributed by atoms with E-state index < -0.39 is 11.6 Å². The zero-order valence-electron chi connectivity index (χ0n) is 16.9. The van der Waals surface area contributed by atoms with Crippen molar-refractivity contribution in [2.75, 3.05) is 19.7 Å². The molecule has 2 saturated heterocycles. The number of aryl methyl sites for hydroxylation is 1. The summed E-state index contributed by atoms with van der Waals surface area (Å²) in [4.78, 5) is 19.2. The normalized spacial score (nSPS) is 27.1. The van der Waals surface area contributed by atoms with Gasteiger partial charge in [-0.05, 0) is 38.8 Å². The maximum atomic E-state index is 12.7. The number of ether oxygens (including phenoxy) is 1. The average molecular weight is 400 g/mol. The second-order valence-corrected chi connectivity index (χ2v) is 8.44. The molecule has 2 fully saturated rings. The molecule has 0 aliphatic carbocycles. The lowest BCUT2D eigenvalue weighted by Crippen LogP contribution is -2.65. The van der Waals surface area contributed by atoms with Crippen molar-refractivity contribution in [1.82, 2.24) is 20.4 Å². The maximum absolute atomic E-state index is 12.7. The van der Waals surface area contributed by atoms with Crippen LogP contribution < -0.4 is 5.32 Å². The first-order valence-corrected chi connectivity index (χ1v) is 10.1. The Morgan fingerprint density at radius 2 is 2.03 bits per heavy atom. The van der Waals surface area contributed by atoms with Crippen molar-refractivity contribution in [2.24, 2.45) is 0 Å². The van der Waals surface area contributed by atoms with E-state index in [1.54, 1.807) is 12.1 Å². The number of nitrogens with zero attached hydrogens (tertiary/aromatic N) is 3. The molecule has 29 heavy (non-hydrogen) atoms. The Kier molecular flexibility index (Phi) is 5.42. The van der Waals surface area contributed by atoms with Crippen LogP contribution >= 0.6 is 0 Å². The summed E-state index contributed by atoms with van der Waals surface area (Å²) in [6, 6.07) is 9.09. The summed E-state index contributed by atoms with van der Waals surface area (Å²) < 4.78 is 11.3. The van der Waals surface area contributed by atoms with E-state index >= 15 is 0 Å². The van der Waals surface area contributed by atoms with Gasteiger partial charge in [0.15, 0.2) is 5.82 Å². The van der Waals surface area contributed by atoms with Gasteiger partial charge in [-0.2, -0.15) is 4.98 Å². The van der Waals surface area contributed by atoms with Crippen molar-refractivity contribution in [3.8, 4) is 0 Å². The number of carbonyl (C=O) groups is 1. The van der Waals surface area contributed by atoms with E-state index in [0.29, 0.717) is 30.2 Å². The van der Waals surface area contributed by atoms with Crippen LogP contribution in [0.25, 0.3) is 0 Å². The molecule has 1 amide bonds. The summed E-state index contributed by atoms with van der Waals surface area (Å²) in [7, 11) is 0. The zero-order valence-corrected chi connectivity index (χ0v) is 16.9. The number of aliphatic hydroxyl groups excluding tert-OH is 1. The molecule has 2 aromatic rings. The molecule has 2 N–H and O–H groups in total. The van der Waals surface area contributed by atoms with E-state index in [1.165, 1.54) is 0 Å². The van der Waals surface area contributed by atoms with Gasteiger partial charge in [0.25, 0.3) is 5.91 Å². The van der Waals surface area contributed by atoms with Crippen LogP contribution in [0.4, 0.5) is 0 Å². The second-order valence-electron chi connectivity index (χ2n) is 8.44. The van der Waals surface area contributed by atoms with Gasteiger partial charge in [-0.15, -0.1) is 0 Å². The van der Waals surface area contributed by atoms with Gasteiger partial charge in [0.1, 0.15) is 6.10 Å². The quantitative estimate of drug-likeness (QED) is 0.805. The molecule has 0 bridgehead atoms. The predicted octanol–water partition coefficient (Wildman–Crippen LogP) is 1.68. The number of piperidine rings is 1. The molecule has 8 nitrogen and oxygen atoms in total. The van der Waals surface area contributed by atoms with Crippen LogP contribution in [0.5, 0.6) is 0 Å². The van der Waals surface area contributed by atoms with E-state index in [4.69, 9.17) is 9.26 Å². The molecule has 2 atom stereocenters. The number of aromatic nitrogens is 2. The van der Waals surface area contributed by atoms with Crippen molar-refractivity contribution in [2.45, 2.75) is 56.9 Å². The maximum Gasteiger partial charge on any atom is 0.251 e. The van der Waals surface area contributed by atoms with E-state index in [-0.39, 0.29) is 18.1 Å². The third kappa shape index (κ3) is 4.34. The number of nitrogens with one attached hydrogen (secondary N) is 1. The molecule has 4 rings (SSSR count). The Hall–Kier alpha value is -2.29. The minimum absolute atomic E-state index is 0.173. The minimum atomic E-state index is -0.750. The Balaban J connectivity index is 1.40. The molecule has 0 saturated carbocycles. The van der Waals surface area contributed by atoms with E-state index in [9.17, 15) is 9.90 Å². The molecule has 0 radical (unpaired) electrons. The molecular formula is C21H28N4O4. The van der Waals surface area contributed by atoms with Gasteiger partial charge >= 0.3 is 0 Å². The monoisotopic (exact) mass is 400 g/mol. The van der Waals surface area contributed by atoms with Crippen LogP contribution in [0.2, 0.25) is 0 Å². The number of aliphatic hydroxyl groups is 1. The highest BCUT2D eigenvalue weighted by Gasteiger charge is 2.50. The molecule has 2 aliphatic heterocycles. The van der Waals surface area contributed by atoms with Crippen molar-refractivity contribution >= 4 is 5.91 Å². The Bertz CT molecular complexity index is 847. The van der Waals surface area contributed by atoms with Gasteiger partial charge in [-0.25, -0.2) is 0 Å². The predicted molar refractivity (Wildman–Crippen MR) is 105 cm³/mol. The summed E-state index contributed by atoms with van der Waals surface area (Å²) >= 11 is 0. The van der Waals surface area contributed by atoms with Crippen LogP contribution in [0.3, 0.4) is 0 Å². The smallest absolute Gasteiger partial charge is 0.251 e. The Labute approximate surface area is 170 Å². The van der Waals surface area contributed by atoms with E-state index in [0.717, 1.165) is 25.9 Å². The molecule has 8 heteroatoms. The summed E-state index contributed by atoms with van der Waals surface area (Å²) in [5.41, 5.74) is -0.498. The fraction of sp³-hybridized carbons (Fsp3) is 0.571. The molecule has 2 aliphatic rings. The van der Waals surface area contributed by atoms with Crippen LogP contribution in [0.15, 0.2) is 34.9 Å². The fourth-order valence-electron chi connectivity index (χ4n) is 4.36. The number of hydrogen-bond donors (Lipinski definition) is 2. The van der Waals surface area contributed by atoms with Crippen LogP contribution in [-0.2, 0) is 11.3 Å². The Morgan fingerprint density at radius 3 is 2.69 bits per heavy atom. The van der Waals surface area contributed by atoms with Crippen molar-refractivity contribution in [1.29, 1.82) is 0 Å². The highest BCUT2D eigenvalue weighted by atomic mass is 16.5. The van der Waals surface area contributed by atoms with E-state index in [2.05, 4.69) is 20.4 Å². The van der Waals surface area contributed by atoms with Crippen LogP contribution in [0, 0.1) is 6.92 Å². The standard InChI is InChI=1S/C21H28N4O4/c1-15-22-18(29-24-15)12-25-10-8-21(9-11-25)14-20(2,17(26)13-28-21)23-19(27)16-6-4-3-5-7-16/h3-7,17,26H,8-14H2,1-2H3,(H,23,27)/t17-,20-/m1/s1. The first kappa shape index (κ1) is 20.0. The second kappa shape index (κ2) is 7.85. The van der Waals surface area contributed by atoms with Gasteiger partial charge in [0, 0.05) is 25.1 Å². The van der Waals surface area contributed by atoms with Gasteiger partial charge in [-0.1, -0.05) is 23.4 Å². The lowest BCUT2D eigenvalue weighted by molar-refractivity contribution is -0.178. The molecule has 1 aromatic heterocycles. The number of hydrogen-bond acceptors (Lipinski definition) is 7. The number of benzene rings is 1. The lowest BCUT2D eigenvalue weighted by atomic mass is 9.74. The van der Waals surface area contributed by atoms with Crippen LogP contribution in [-0.4, -0.2) is 63.0 Å². The fourth-order valence-corrected chi connectivity index (χ4v) is 4.36. The SMILES string of the molecule is Cc1noc(CN2CCC3(CC2)C[C@@](C)(NC(=O)c2ccccc2)[C@H](O)CO3)n1. The average Bonchev–Trinajstić information content (AvgIpc) is 3.12. The topological polar surface area (TPSA) is 101 Å². The van der Waals surface area contributed by atoms with Gasteiger partial charge in [0.05, 0.1) is 24.3 Å². The number of carbonyl (C=O) groups excluding carboxylic acids is 1. The first-order chi connectivity index (χ1) is 13.9.